The molecule has 6 nitrogen and oxygen atoms in total. The number of rotatable bonds is 5. The van der Waals surface area contributed by atoms with Crippen molar-refractivity contribution in [2.24, 2.45) is 0 Å². The summed E-state index contributed by atoms with van der Waals surface area (Å²) in [7, 11) is 0. The topological polar surface area (TPSA) is 87.1 Å². The van der Waals surface area contributed by atoms with Crippen LogP contribution in [0.25, 0.3) is 5.69 Å². The van der Waals surface area contributed by atoms with Crippen molar-refractivity contribution in [3.63, 3.8) is 0 Å². The average molecular weight is 391 g/mol. The van der Waals surface area contributed by atoms with E-state index < -0.39 is 17.3 Å². The number of H-pyrrole nitrogens is 1. The van der Waals surface area contributed by atoms with Crippen LogP contribution in [0.15, 0.2) is 58.1 Å². The van der Waals surface area contributed by atoms with Gasteiger partial charge in [0.25, 0.3) is 5.56 Å². The minimum absolute atomic E-state index is 0.159. The van der Waals surface area contributed by atoms with Gasteiger partial charge in [-0.1, -0.05) is 49.7 Å². The second-order valence-corrected chi connectivity index (χ2v) is 7.44. The van der Waals surface area contributed by atoms with Gasteiger partial charge in [0.15, 0.2) is 0 Å². The fourth-order valence-electron chi connectivity index (χ4n) is 3.99. The van der Waals surface area contributed by atoms with Gasteiger partial charge in [-0.05, 0) is 48.1 Å². The summed E-state index contributed by atoms with van der Waals surface area (Å²) in [5.41, 5.74) is 2.71. The minimum atomic E-state index is -0.651. The lowest BCUT2D eigenvalue weighted by molar-refractivity contribution is 0.410. The van der Waals surface area contributed by atoms with Crippen molar-refractivity contribution in [1.29, 1.82) is 0 Å². The monoisotopic (exact) mass is 391 g/mol. The van der Waals surface area contributed by atoms with Gasteiger partial charge in [0.05, 0.1) is 17.3 Å². The first kappa shape index (κ1) is 19.2. The summed E-state index contributed by atoms with van der Waals surface area (Å²) in [6, 6.07) is 14.9. The van der Waals surface area contributed by atoms with Crippen molar-refractivity contribution >= 4 is 0 Å². The van der Waals surface area contributed by atoms with Gasteiger partial charge in [-0.2, -0.15) is 0 Å². The van der Waals surface area contributed by atoms with E-state index in [0.29, 0.717) is 12.2 Å². The predicted octanol–water partition coefficient (Wildman–Crippen LogP) is 2.81. The number of nitrogens with one attached hydrogen (secondary N) is 2. The number of nitrogens with zero attached hydrogens (tertiary/aromatic N) is 1. The zero-order chi connectivity index (χ0) is 20.4. The quantitative estimate of drug-likeness (QED) is 0.624. The molecule has 1 aromatic heterocycles. The van der Waals surface area contributed by atoms with Crippen molar-refractivity contribution in [3.8, 4) is 11.6 Å². The first-order valence-electron chi connectivity index (χ1n) is 10.1. The van der Waals surface area contributed by atoms with Gasteiger partial charge in [0.2, 0.25) is 5.88 Å². The smallest absolute Gasteiger partial charge is 0.335 e. The van der Waals surface area contributed by atoms with Crippen molar-refractivity contribution < 1.29 is 5.11 Å². The highest BCUT2D eigenvalue weighted by atomic mass is 16.3. The van der Waals surface area contributed by atoms with Crippen molar-refractivity contribution in [1.82, 2.24) is 14.9 Å². The third kappa shape index (κ3) is 3.63. The van der Waals surface area contributed by atoms with Crippen LogP contribution in [0.1, 0.15) is 48.1 Å². The molecule has 1 atom stereocenters. The highest BCUT2D eigenvalue weighted by Gasteiger charge is 2.28. The maximum Gasteiger partial charge on any atom is 0.335 e. The lowest BCUT2D eigenvalue weighted by Crippen LogP contribution is -2.38. The molecule has 4 rings (SSSR count). The van der Waals surface area contributed by atoms with E-state index in [1.807, 2.05) is 36.4 Å². The minimum Gasteiger partial charge on any atom is -0.494 e. The van der Waals surface area contributed by atoms with Crippen molar-refractivity contribution in [3.05, 3.63) is 91.6 Å². The molecule has 2 aromatic carbocycles. The molecule has 6 heteroatoms. The van der Waals surface area contributed by atoms with Crippen molar-refractivity contribution in [2.45, 2.75) is 38.6 Å². The molecule has 0 aliphatic carbocycles. The molecule has 1 aliphatic rings. The molecule has 0 bridgehead atoms. The van der Waals surface area contributed by atoms with E-state index >= 15 is 0 Å². The second kappa shape index (κ2) is 8.09. The molecule has 0 saturated heterocycles. The molecule has 0 radical (unpaired) electrons. The van der Waals surface area contributed by atoms with Gasteiger partial charge >= 0.3 is 5.69 Å². The van der Waals surface area contributed by atoms with E-state index in [1.165, 1.54) is 10.1 Å². The Hall–Kier alpha value is -3.12. The number of aromatic nitrogens is 2. The Kier molecular flexibility index (Phi) is 5.36. The van der Waals surface area contributed by atoms with Gasteiger partial charge in [-0.25, -0.2) is 9.36 Å². The number of fused-ring (bicyclic) bond motifs is 1. The van der Waals surface area contributed by atoms with E-state index in [0.717, 1.165) is 36.8 Å². The Bertz CT molecular complexity index is 1130. The highest BCUT2D eigenvalue weighted by Crippen LogP contribution is 2.31. The highest BCUT2D eigenvalue weighted by molar-refractivity contribution is 5.45. The van der Waals surface area contributed by atoms with Crippen LogP contribution in [0, 0.1) is 0 Å². The summed E-state index contributed by atoms with van der Waals surface area (Å²) >= 11 is 0. The third-order valence-corrected chi connectivity index (χ3v) is 5.53. The Morgan fingerprint density at radius 1 is 1.10 bits per heavy atom. The molecule has 0 unspecified atom stereocenters. The van der Waals surface area contributed by atoms with E-state index in [1.54, 1.807) is 12.1 Å². The molecule has 0 fully saturated rings. The fourth-order valence-corrected chi connectivity index (χ4v) is 3.99. The summed E-state index contributed by atoms with van der Waals surface area (Å²) in [6.07, 6.45) is 4.03. The molecule has 1 aliphatic heterocycles. The summed E-state index contributed by atoms with van der Waals surface area (Å²) in [5, 5.41) is 14.3. The van der Waals surface area contributed by atoms with Gasteiger partial charge in [0.1, 0.15) is 0 Å². The number of benzene rings is 2. The van der Waals surface area contributed by atoms with Gasteiger partial charge in [-0.3, -0.25) is 9.78 Å². The molecule has 2 heterocycles. The van der Waals surface area contributed by atoms with Gasteiger partial charge < -0.3 is 10.4 Å². The molecule has 0 saturated carbocycles. The van der Waals surface area contributed by atoms with E-state index in [9.17, 15) is 14.7 Å². The standard InChI is InChI=1S/C23H25N3O3/c1-2-3-6-15-9-11-17(12-10-15)26-22(28)19(21(27)25-23(26)29)20-18-8-5-4-7-16(18)13-14-24-20/h4-5,7-12,20,24,28H,2-3,6,13-14H2,1H3,(H,25,27,29)/t20-/m0/s1. The maximum absolute atomic E-state index is 12.7. The maximum atomic E-state index is 12.7. The number of hydrogen-bond acceptors (Lipinski definition) is 4. The Balaban J connectivity index is 1.81. The molecule has 3 N–H and O–H groups in total. The SMILES string of the molecule is CCCCc1ccc(-n2c(O)c([C@H]3NCCc4ccccc43)c(=O)[nH]c2=O)cc1. The number of aromatic amines is 1. The van der Waals surface area contributed by atoms with Crippen LogP contribution in [0.2, 0.25) is 0 Å². The number of aromatic hydroxyl groups is 1. The molecular formula is C23H25N3O3. The first-order chi connectivity index (χ1) is 14.1. The second-order valence-electron chi connectivity index (χ2n) is 7.44. The summed E-state index contributed by atoms with van der Waals surface area (Å²) in [6.45, 7) is 2.83. The predicted molar refractivity (Wildman–Crippen MR) is 113 cm³/mol. The summed E-state index contributed by atoms with van der Waals surface area (Å²) in [5.74, 6) is -0.325. The first-order valence-corrected chi connectivity index (χ1v) is 10.1. The van der Waals surface area contributed by atoms with Crippen molar-refractivity contribution in [2.75, 3.05) is 6.54 Å². The molecule has 0 amide bonds. The van der Waals surface area contributed by atoms with Crippen LogP contribution >= 0.6 is 0 Å². The number of hydrogen-bond donors (Lipinski definition) is 3. The van der Waals surface area contributed by atoms with Crippen LogP contribution in [-0.4, -0.2) is 21.2 Å². The fraction of sp³-hybridized carbons (Fsp3) is 0.304. The van der Waals surface area contributed by atoms with E-state index in [-0.39, 0.29) is 11.4 Å². The largest absolute Gasteiger partial charge is 0.494 e. The van der Waals surface area contributed by atoms with Crippen LogP contribution < -0.4 is 16.6 Å². The van der Waals surface area contributed by atoms with Crippen LogP contribution in [0.3, 0.4) is 0 Å². The molecule has 0 spiro atoms. The van der Waals surface area contributed by atoms with E-state index in [4.69, 9.17) is 0 Å². The lowest BCUT2D eigenvalue weighted by Gasteiger charge is -2.27. The Morgan fingerprint density at radius 2 is 1.86 bits per heavy atom. The Morgan fingerprint density at radius 3 is 2.62 bits per heavy atom. The summed E-state index contributed by atoms with van der Waals surface area (Å²) < 4.78 is 1.17. The van der Waals surface area contributed by atoms with E-state index in [2.05, 4.69) is 17.2 Å². The third-order valence-electron chi connectivity index (χ3n) is 5.53. The molecular weight excluding hydrogens is 366 g/mol. The van der Waals surface area contributed by atoms with Crippen LogP contribution in [-0.2, 0) is 12.8 Å². The zero-order valence-corrected chi connectivity index (χ0v) is 16.4. The zero-order valence-electron chi connectivity index (χ0n) is 16.4. The lowest BCUT2D eigenvalue weighted by atomic mass is 9.90. The number of aryl methyl sites for hydroxylation is 1. The number of unbranched alkanes of at least 4 members (excludes halogenated alkanes) is 1. The summed E-state index contributed by atoms with van der Waals surface area (Å²) in [4.78, 5) is 27.6. The van der Waals surface area contributed by atoms with Gasteiger partial charge in [-0.15, -0.1) is 0 Å². The Labute approximate surface area is 168 Å². The average Bonchev–Trinajstić information content (AvgIpc) is 2.73. The van der Waals surface area contributed by atoms with Crippen LogP contribution in [0.5, 0.6) is 5.88 Å². The molecule has 150 valence electrons. The normalized spacial score (nSPS) is 15.8. The molecule has 3 aromatic rings. The van der Waals surface area contributed by atoms with Gasteiger partial charge in [0, 0.05) is 6.54 Å². The van der Waals surface area contributed by atoms with Crippen LogP contribution in [0.4, 0.5) is 0 Å². The molecule has 29 heavy (non-hydrogen) atoms.